The lowest BCUT2D eigenvalue weighted by atomic mass is 9.95. The molecular weight excluding hydrogens is 490 g/mol. The molecule has 0 saturated carbocycles. The van der Waals surface area contributed by atoms with E-state index < -0.39 is 10.0 Å². The van der Waals surface area contributed by atoms with Crippen molar-refractivity contribution in [2.24, 2.45) is 0 Å². The number of benzene rings is 5. The number of rotatable bonds is 5. The molecule has 2 heterocycles. The maximum absolute atomic E-state index is 4.18. The molecule has 0 radical (unpaired) electrons. The van der Waals surface area contributed by atoms with E-state index in [2.05, 4.69) is 147 Å². The van der Waals surface area contributed by atoms with Gasteiger partial charge in [-0.15, -0.1) is 10.0 Å². The van der Waals surface area contributed by atoms with Crippen molar-refractivity contribution >= 4 is 48.0 Å². The highest BCUT2D eigenvalue weighted by molar-refractivity contribution is 8.40. The Morgan fingerprint density at radius 1 is 0.718 bits per heavy atom. The van der Waals surface area contributed by atoms with Crippen LogP contribution < -0.4 is 5.32 Å². The summed E-state index contributed by atoms with van der Waals surface area (Å²) in [5, 5.41) is 12.0. The maximum Gasteiger partial charge on any atom is 0.0454 e. The van der Waals surface area contributed by atoms with Gasteiger partial charge in [0.2, 0.25) is 0 Å². The molecule has 0 atom stereocenters. The second-order valence-corrected chi connectivity index (χ2v) is 13.4. The zero-order valence-corrected chi connectivity index (χ0v) is 23.2. The van der Waals surface area contributed by atoms with E-state index >= 15 is 0 Å². The van der Waals surface area contributed by atoms with Gasteiger partial charge in [0.25, 0.3) is 0 Å². The summed E-state index contributed by atoms with van der Waals surface area (Å²) in [6, 6.07) is 33.4. The fourth-order valence-electron chi connectivity index (χ4n) is 6.40. The Bertz CT molecular complexity index is 1850. The van der Waals surface area contributed by atoms with Gasteiger partial charge in [-0.25, -0.2) is 0 Å². The van der Waals surface area contributed by atoms with Crippen LogP contribution in [0.2, 0.25) is 0 Å². The Morgan fingerprint density at radius 3 is 1.85 bits per heavy atom. The SMILES string of the molecule is C=C(C)/C=C\C(=C/C)S1(C2=CC=C(c3ccccc3)NC2)c2cccc3c4ccccc4c4cccc1c4c23. The van der Waals surface area contributed by atoms with Gasteiger partial charge in [-0.1, -0.05) is 103 Å². The summed E-state index contributed by atoms with van der Waals surface area (Å²) < 4.78 is 0. The molecule has 0 bridgehead atoms. The smallest absolute Gasteiger partial charge is 0.0454 e. The highest BCUT2D eigenvalue weighted by Crippen LogP contribution is 2.79. The largest absolute Gasteiger partial charge is 0.380 e. The number of hydrogen-bond donors (Lipinski definition) is 1. The fraction of sp³-hybridized carbons (Fsp3) is 0.0811. The number of allylic oxidation sites excluding steroid dienone is 6. The molecule has 7 rings (SSSR count). The summed E-state index contributed by atoms with van der Waals surface area (Å²) in [7, 11) is -1.71. The quantitative estimate of drug-likeness (QED) is 0.179. The van der Waals surface area contributed by atoms with E-state index in [-0.39, 0.29) is 0 Å². The topological polar surface area (TPSA) is 12.0 Å². The lowest BCUT2D eigenvalue weighted by Crippen LogP contribution is -2.22. The van der Waals surface area contributed by atoms with Gasteiger partial charge in [-0.05, 0) is 81.1 Å². The third-order valence-corrected chi connectivity index (χ3v) is 12.2. The normalized spacial score (nSPS) is 17.0. The molecule has 0 aliphatic carbocycles. The van der Waals surface area contributed by atoms with Crippen molar-refractivity contribution in [3.8, 4) is 0 Å². The van der Waals surface area contributed by atoms with Crippen LogP contribution in [0.3, 0.4) is 0 Å². The second-order valence-electron chi connectivity index (χ2n) is 10.3. The Kier molecular flexibility index (Phi) is 5.61. The van der Waals surface area contributed by atoms with Gasteiger partial charge in [-0.2, -0.15) is 0 Å². The molecule has 5 aromatic carbocycles. The average Bonchev–Trinajstić information content (AvgIpc) is 3.29. The van der Waals surface area contributed by atoms with Crippen molar-refractivity contribution in [3.63, 3.8) is 0 Å². The molecule has 0 fully saturated rings. The van der Waals surface area contributed by atoms with E-state index in [1.807, 2.05) is 0 Å². The summed E-state index contributed by atoms with van der Waals surface area (Å²) in [6.45, 7) is 9.24. The van der Waals surface area contributed by atoms with Crippen LogP contribution in [-0.4, -0.2) is 6.54 Å². The Balaban J connectivity index is 1.60. The molecule has 2 aliphatic heterocycles. The van der Waals surface area contributed by atoms with Crippen LogP contribution in [0.1, 0.15) is 19.4 Å². The first-order valence-corrected chi connectivity index (χ1v) is 15.2. The zero-order chi connectivity index (χ0) is 26.6. The monoisotopic (exact) mass is 521 g/mol. The standard InChI is InChI=1S/C37H31NS/c1-4-27(21-20-25(2)3)39(28-22-23-33(38-24-28)26-12-6-5-7-13-26)34-18-10-16-31-29-14-8-9-15-30(29)32-17-11-19-35(39)37(32)36(31)34/h4-23,38H,2,24H2,1,3H3/b21-20-,27-4+. The minimum absolute atomic E-state index is 0.800. The van der Waals surface area contributed by atoms with Crippen molar-refractivity contribution < 1.29 is 0 Å². The predicted octanol–water partition coefficient (Wildman–Crippen LogP) is 10.2. The molecule has 0 aromatic heterocycles. The fourth-order valence-corrected chi connectivity index (χ4v) is 10.8. The van der Waals surface area contributed by atoms with Gasteiger partial charge in [0.15, 0.2) is 0 Å². The molecule has 5 aromatic rings. The molecule has 0 amide bonds. The minimum atomic E-state index is -1.71. The number of dihydropyridines is 1. The van der Waals surface area contributed by atoms with Gasteiger partial charge in [0.1, 0.15) is 0 Å². The Hall–Kier alpha value is -4.27. The molecule has 0 unspecified atom stereocenters. The third kappa shape index (κ3) is 3.41. The Morgan fingerprint density at radius 2 is 1.31 bits per heavy atom. The lowest BCUT2D eigenvalue weighted by Gasteiger charge is -2.43. The van der Waals surface area contributed by atoms with E-state index in [1.165, 1.54) is 63.2 Å². The van der Waals surface area contributed by atoms with Crippen molar-refractivity contribution in [2.45, 2.75) is 23.6 Å². The first-order valence-electron chi connectivity index (χ1n) is 13.5. The van der Waals surface area contributed by atoms with E-state index in [0.717, 1.165) is 12.1 Å². The first kappa shape index (κ1) is 23.8. The van der Waals surface area contributed by atoms with Crippen LogP contribution in [-0.2, 0) is 0 Å². The predicted molar refractivity (Wildman–Crippen MR) is 171 cm³/mol. The van der Waals surface area contributed by atoms with Crippen LogP contribution in [0, 0.1) is 0 Å². The van der Waals surface area contributed by atoms with Crippen LogP contribution in [0.15, 0.2) is 153 Å². The van der Waals surface area contributed by atoms with Gasteiger partial charge in [-0.3, -0.25) is 0 Å². The third-order valence-electron chi connectivity index (χ3n) is 8.01. The van der Waals surface area contributed by atoms with Gasteiger partial charge < -0.3 is 5.32 Å². The van der Waals surface area contributed by atoms with E-state index in [9.17, 15) is 0 Å². The number of hydrogen-bond acceptors (Lipinski definition) is 1. The van der Waals surface area contributed by atoms with Crippen molar-refractivity contribution in [1.82, 2.24) is 5.32 Å². The molecule has 1 N–H and O–H groups in total. The molecule has 2 aliphatic rings. The molecule has 39 heavy (non-hydrogen) atoms. The maximum atomic E-state index is 4.18. The average molecular weight is 522 g/mol. The molecule has 190 valence electrons. The number of fused-ring (bicyclic) bond motifs is 3. The molecule has 2 heteroatoms. The van der Waals surface area contributed by atoms with Crippen molar-refractivity contribution in [1.29, 1.82) is 0 Å². The summed E-state index contributed by atoms with van der Waals surface area (Å²) >= 11 is 0. The number of nitrogens with one attached hydrogen (secondary N) is 1. The highest BCUT2D eigenvalue weighted by Gasteiger charge is 2.43. The van der Waals surface area contributed by atoms with Crippen LogP contribution >= 0.6 is 10.0 Å². The van der Waals surface area contributed by atoms with Crippen LogP contribution in [0.5, 0.6) is 0 Å². The second kappa shape index (κ2) is 9.18. The lowest BCUT2D eigenvalue weighted by molar-refractivity contribution is 0.980. The van der Waals surface area contributed by atoms with Crippen LogP contribution in [0.25, 0.3) is 38.0 Å². The summed E-state index contributed by atoms with van der Waals surface area (Å²) in [4.78, 5) is 5.68. The molecular formula is C37H31NS. The molecule has 0 spiro atoms. The van der Waals surface area contributed by atoms with E-state index in [4.69, 9.17) is 0 Å². The van der Waals surface area contributed by atoms with Gasteiger partial charge in [0.05, 0.1) is 0 Å². The minimum Gasteiger partial charge on any atom is -0.380 e. The molecule has 1 nitrogen and oxygen atoms in total. The van der Waals surface area contributed by atoms with E-state index in [1.54, 1.807) is 0 Å². The summed E-state index contributed by atoms with van der Waals surface area (Å²) in [5.41, 5.74) is 3.45. The zero-order valence-electron chi connectivity index (χ0n) is 22.4. The van der Waals surface area contributed by atoms with Crippen LogP contribution in [0.4, 0.5) is 0 Å². The molecule has 0 saturated heterocycles. The first-order chi connectivity index (χ1) is 19.1. The van der Waals surface area contributed by atoms with Crippen molar-refractivity contribution in [2.75, 3.05) is 6.54 Å². The summed E-state index contributed by atoms with van der Waals surface area (Å²) in [6.07, 6.45) is 11.5. The highest BCUT2D eigenvalue weighted by atomic mass is 32.3. The Labute approximate surface area is 231 Å². The van der Waals surface area contributed by atoms with Gasteiger partial charge in [0, 0.05) is 32.8 Å². The van der Waals surface area contributed by atoms with E-state index in [0.29, 0.717) is 0 Å². The summed E-state index contributed by atoms with van der Waals surface area (Å²) in [5.74, 6) is 0. The van der Waals surface area contributed by atoms with Crippen molar-refractivity contribution in [3.05, 3.63) is 149 Å². The van der Waals surface area contributed by atoms with Gasteiger partial charge >= 0.3 is 0 Å².